The summed E-state index contributed by atoms with van der Waals surface area (Å²) < 4.78 is 6.72. The normalized spacial score (nSPS) is 11.1. The van der Waals surface area contributed by atoms with Gasteiger partial charge in [-0.2, -0.15) is 5.10 Å². The number of fused-ring (bicyclic) bond motifs is 1. The molecular weight excluding hydrogens is 364 g/mol. The number of para-hydroxylation sites is 1. The van der Waals surface area contributed by atoms with E-state index in [1.54, 1.807) is 31.5 Å². The van der Waals surface area contributed by atoms with Gasteiger partial charge in [-0.05, 0) is 48.9 Å². The number of hydrogen-bond acceptors (Lipinski definition) is 5. The minimum Gasteiger partial charge on any atom is -0.497 e. The zero-order valence-electron chi connectivity index (χ0n) is 16.2. The van der Waals surface area contributed by atoms with Crippen LogP contribution in [0.2, 0.25) is 0 Å². The van der Waals surface area contributed by atoms with E-state index in [-0.39, 0.29) is 5.56 Å². The van der Waals surface area contributed by atoms with Gasteiger partial charge in [-0.25, -0.2) is 15.0 Å². The van der Waals surface area contributed by atoms with Crippen molar-refractivity contribution in [2.45, 2.75) is 6.92 Å². The highest BCUT2D eigenvalue weighted by atomic mass is 16.5. The molecule has 1 heterocycles. The number of nitrogens with zero attached hydrogens (tertiary/aromatic N) is 3. The highest BCUT2D eigenvalue weighted by molar-refractivity contribution is 5.81. The molecule has 6 nitrogen and oxygen atoms in total. The minimum atomic E-state index is -0.172. The number of anilines is 1. The topological polar surface area (TPSA) is 68.5 Å². The summed E-state index contributed by atoms with van der Waals surface area (Å²) in [5.74, 6) is 1.05. The van der Waals surface area contributed by atoms with E-state index < -0.39 is 0 Å². The fourth-order valence-corrected chi connectivity index (χ4v) is 3.00. The lowest BCUT2D eigenvalue weighted by atomic mass is 10.2. The van der Waals surface area contributed by atoms with Crippen LogP contribution >= 0.6 is 0 Å². The van der Waals surface area contributed by atoms with Crippen LogP contribution in [0.1, 0.15) is 11.1 Å². The maximum absolute atomic E-state index is 13.2. The molecule has 0 bridgehead atoms. The summed E-state index contributed by atoms with van der Waals surface area (Å²) in [5, 5.41) is 4.83. The van der Waals surface area contributed by atoms with Crippen LogP contribution in [0.15, 0.2) is 82.7 Å². The van der Waals surface area contributed by atoms with Crippen LogP contribution in [0.5, 0.6) is 5.75 Å². The molecule has 0 amide bonds. The van der Waals surface area contributed by atoms with Gasteiger partial charge in [0.25, 0.3) is 5.56 Å². The smallest absolute Gasteiger partial charge is 0.267 e. The third kappa shape index (κ3) is 3.87. The predicted molar refractivity (Wildman–Crippen MR) is 116 cm³/mol. The van der Waals surface area contributed by atoms with E-state index in [4.69, 9.17) is 4.74 Å². The molecule has 3 aromatic carbocycles. The van der Waals surface area contributed by atoms with Crippen LogP contribution in [0.4, 0.5) is 5.95 Å². The molecule has 0 radical (unpaired) electrons. The largest absolute Gasteiger partial charge is 0.497 e. The van der Waals surface area contributed by atoms with Crippen molar-refractivity contribution in [3.63, 3.8) is 0 Å². The predicted octanol–water partition coefficient (Wildman–Crippen LogP) is 4.15. The van der Waals surface area contributed by atoms with Crippen molar-refractivity contribution in [2.24, 2.45) is 5.10 Å². The molecule has 1 N–H and O–H groups in total. The van der Waals surface area contributed by atoms with Gasteiger partial charge in [0.1, 0.15) is 5.75 Å². The molecular formula is C23H20N4O2. The highest BCUT2D eigenvalue weighted by Crippen LogP contribution is 2.19. The number of aryl methyl sites for hydroxylation is 1. The zero-order chi connectivity index (χ0) is 20.2. The summed E-state index contributed by atoms with van der Waals surface area (Å²) in [7, 11) is 1.60. The van der Waals surface area contributed by atoms with E-state index in [2.05, 4.69) is 15.5 Å². The molecule has 0 saturated heterocycles. The van der Waals surface area contributed by atoms with Crippen LogP contribution in [0.3, 0.4) is 0 Å². The Kier molecular flexibility index (Phi) is 5.07. The molecule has 0 spiro atoms. The summed E-state index contributed by atoms with van der Waals surface area (Å²) in [5.41, 5.74) is 6.16. The molecule has 144 valence electrons. The lowest BCUT2D eigenvalue weighted by Gasteiger charge is -2.13. The molecule has 0 saturated carbocycles. The standard InChI is InChI=1S/C23H20N4O2/c1-16-7-9-17(10-8-16)15-24-26-23-25-21-6-4-3-5-20(21)22(28)27(23)18-11-13-19(29-2)14-12-18/h3-15H,1-2H3,(H,25,26)/b24-15+. The van der Waals surface area contributed by atoms with Crippen molar-refractivity contribution >= 4 is 23.1 Å². The maximum Gasteiger partial charge on any atom is 0.267 e. The van der Waals surface area contributed by atoms with E-state index >= 15 is 0 Å². The summed E-state index contributed by atoms with van der Waals surface area (Å²) in [4.78, 5) is 17.8. The molecule has 0 aliphatic carbocycles. The maximum atomic E-state index is 13.2. The number of nitrogens with one attached hydrogen (secondary N) is 1. The lowest BCUT2D eigenvalue weighted by Crippen LogP contribution is -2.22. The van der Waals surface area contributed by atoms with E-state index in [1.807, 2.05) is 61.5 Å². The first-order valence-corrected chi connectivity index (χ1v) is 9.18. The van der Waals surface area contributed by atoms with Crippen LogP contribution < -0.4 is 15.7 Å². The zero-order valence-corrected chi connectivity index (χ0v) is 16.2. The van der Waals surface area contributed by atoms with Gasteiger partial charge in [-0.15, -0.1) is 0 Å². The number of benzene rings is 3. The summed E-state index contributed by atoms with van der Waals surface area (Å²) >= 11 is 0. The Bertz CT molecular complexity index is 1230. The van der Waals surface area contributed by atoms with E-state index in [0.29, 0.717) is 28.3 Å². The minimum absolute atomic E-state index is 0.172. The number of hydrogen-bond donors (Lipinski definition) is 1. The Morgan fingerprint density at radius 3 is 2.45 bits per heavy atom. The Labute approximate surface area is 168 Å². The van der Waals surface area contributed by atoms with E-state index in [1.165, 1.54) is 10.1 Å². The molecule has 29 heavy (non-hydrogen) atoms. The number of methoxy groups -OCH3 is 1. The van der Waals surface area contributed by atoms with Crippen molar-refractivity contribution in [3.05, 3.63) is 94.3 Å². The van der Waals surface area contributed by atoms with Crippen LogP contribution in [-0.4, -0.2) is 22.9 Å². The average molecular weight is 384 g/mol. The molecule has 4 aromatic rings. The van der Waals surface area contributed by atoms with E-state index in [0.717, 1.165) is 5.56 Å². The number of ether oxygens (including phenoxy) is 1. The fraction of sp³-hybridized carbons (Fsp3) is 0.0870. The van der Waals surface area contributed by atoms with Crippen molar-refractivity contribution in [1.29, 1.82) is 0 Å². The molecule has 1 aromatic heterocycles. The van der Waals surface area contributed by atoms with Crippen LogP contribution in [0, 0.1) is 6.92 Å². The Hall–Kier alpha value is -3.93. The van der Waals surface area contributed by atoms with Crippen LogP contribution in [0.25, 0.3) is 16.6 Å². The van der Waals surface area contributed by atoms with Crippen molar-refractivity contribution < 1.29 is 4.74 Å². The third-order valence-electron chi connectivity index (χ3n) is 4.56. The third-order valence-corrected chi connectivity index (χ3v) is 4.56. The molecule has 0 unspecified atom stereocenters. The van der Waals surface area contributed by atoms with Gasteiger partial charge in [0.2, 0.25) is 5.95 Å². The average Bonchev–Trinajstić information content (AvgIpc) is 2.76. The van der Waals surface area contributed by atoms with E-state index in [9.17, 15) is 4.79 Å². The Morgan fingerprint density at radius 2 is 1.72 bits per heavy atom. The molecule has 0 aliphatic heterocycles. The van der Waals surface area contributed by atoms with Crippen molar-refractivity contribution in [1.82, 2.24) is 9.55 Å². The monoisotopic (exact) mass is 384 g/mol. The Morgan fingerprint density at radius 1 is 1.00 bits per heavy atom. The molecule has 0 aliphatic rings. The summed E-state index contributed by atoms with van der Waals surface area (Å²) in [6.45, 7) is 2.03. The molecule has 4 rings (SSSR count). The second-order valence-electron chi connectivity index (χ2n) is 6.57. The van der Waals surface area contributed by atoms with Gasteiger partial charge >= 0.3 is 0 Å². The highest BCUT2D eigenvalue weighted by Gasteiger charge is 2.12. The van der Waals surface area contributed by atoms with Gasteiger partial charge in [0, 0.05) is 0 Å². The van der Waals surface area contributed by atoms with Gasteiger partial charge in [0.15, 0.2) is 0 Å². The van der Waals surface area contributed by atoms with Crippen molar-refractivity contribution in [2.75, 3.05) is 12.5 Å². The van der Waals surface area contributed by atoms with Gasteiger partial charge in [0.05, 0.1) is 29.9 Å². The van der Waals surface area contributed by atoms with Gasteiger partial charge in [-0.1, -0.05) is 42.0 Å². The van der Waals surface area contributed by atoms with Crippen molar-refractivity contribution in [3.8, 4) is 11.4 Å². The summed E-state index contributed by atoms with van der Waals surface area (Å²) in [6, 6.07) is 22.5. The molecule has 6 heteroatoms. The van der Waals surface area contributed by atoms with Gasteiger partial charge < -0.3 is 4.74 Å². The number of aromatic nitrogens is 2. The summed E-state index contributed by atoms with van der Waals surface area (Å²) in [6.07, 6.45) is 1.69. The number of hydrazone groups is 1. The first-order valence-electron chi connectivity index (χ1n) is 9.18. The second-order valence-corrected chi connectivity index (χ2v) is 6.57. The molecule has 0 atom stereocenters. The fourth-order valence-electron chi connectivity index (χ4n) is 3.00. The first kappa shape index (κ1) is 18.4. The van der Waals surface area contributed by atoms with Gasteiger partial charge in [-0.3, -0.25) is 4.79 Å². The second kappa shape index (κ2) is 7.98. The Balaban J connectivity index is 1.78. The van der Waals surface area contributed by atoms with Crippen LogP contribution in [-0.2, 0) is 0 Å². The number of rotatable bonds is 5. The quantitative estimate of drug-likeness (QED) is 0.415. The first-order chi connectivity index (χ1) is 14.2. The lowest BCUT2D eigenvalue weighted by molar-refractivity contribution is 0.414. The SMILES string of the molecule is COc1ccc(-n2c(N/N=C/c3ccc(C)cc3)nc3ccccc3c2=O)cc1. The molecule has 0 fully saturated rings.